The summed E-state index contributed by atoms with van der Waals surface area (Å²) in [5.74, 6) is 0. The van der Waals surface area contributed by atoms with Gasteiger partial charge in [-0.1, -0.05) is 170 Å². The molecular weight excluding hydrogens is 687 g/mol. The van der Waals surface area contributed by atoms with Crippen LogP contribution < -0.4 is 20.6 Å². The van der Waals surface area contributed by atoms with Crippen molar-refractivity contribution in [1.29, 1.82) is 0 Å². The van der Waals surface area contributed by atoms with Crippen molar-refractivity contribution in [1.82, 2.24) is 0 Å². The predicted octanol–water partition coefficient (Wildman–Crippen LogP) is 12.2. The fraction of sp³-hybridized carbons (Fsp3) is 0.0370. The quantitative estimate of drug-likeness (QED) is 0.167. The summed E-state index contributed by atoms with van der Waals surface area (Å²) in [6.45, 7) is 2.18. The van der Waals surface area contributed by atoms with Gasteiger partial charge in [0.25, 0.3) is 0 Å². The minimum Gasteiger partial charge on any atom is -0.376 e. The Balaban J connectivity index is 1.21. The summed E-state index contributed by atoms with van der Waals surface area (Å²) in [5, 5.41) is 2.49. The molecule has 0 atom stereocenters. The van der Waals surface area contributed by atoms with E-state index < -0.39 is 5.41 Å². The Kier molecular flexibility index (Phi) is 6.89. The molecule has 9 aromatic carbocycles. The molecule has 2 nitrogen and oxygen atoms in total. The molecule has 0 amide bonds. The molecule has 57 heavy (non-hydrogen) atoms. The van der Waals surface area contributed by atoms with Gasteiger partial charge in [-0.15, -0.1) is 0 Å². The van der Waals surface area contributed by atoms with E-state index in [0.29, 0.717) is 0 Å². The van der Waals surface area contributed by atoms with Crippen LogP contribution in [0.15, 0.2) is 206 Å². The number of aryl methyl sites for hydroxylation is 1. The number of nitrogens with zero attached hydrogens (tertiary/aromatic N) is 2. The minimum absolute atomic E-state index is 0.0763. The van der Waals surface area contributed by atoms with E-state index in [1.165, 1.54) is 100 Å². The maximum Gasteiger partial charge on any atom is 0.333 e. The van der Waals surface area contributed by atoms with Gasteiger partial charge in [-0.3, -0.25) is 0 Å². The van der Waals surface area contributed by atoms with Crippen molar-refractivity contribution in [3.63, 3.8) is 0 Å². The van der Waals surface area contributed by atoms with Gasteiger partial charge in [-0.05, 0) is 110 Å². The monoisotopic (exact) mass is 724 g/mol. The van der Waals surface area contributed by atoms with E-state index in [2.05, 4.69) is 223 Å². The molecule has 3 aliphatic heterocycles. The summed E-state index contributed by atoms with van der Waals surface area (Å²) < 4.78 is 0. The first-order valence-electron chi connectivity index (χ1n) is 20.0. The Morgan fingerprint density at radius 3 is 1.75 bits per heavy atom. The van der Waals surface area contributed by atoms with Gasteiger partial charge >= 0.3 is 6.85 Å². The largest absolute Gasteiger partial charge is 0.376 e. The Hall–Kier alpha value is -7.10. The Morgan fingerprint density at radius 1 is 0.439 bits per heavy atom. The van der Waals surface area contributed by atoms with E-state index in [1.54, 1.807) is 0 Å². The van der Waals surface area contributed by atoms with Crippen LogP contribution >= 0.6 is 0 Å². The first-order chi connectivity index (χ1) is 28.2. The van der Waals surface area contributed by atoms with Crippen LogP contribution in [-0.2, 0) is 5.41 Å². The zero-order valence-corrected chi connectivity index (χ0v) is 31.6. The first-order valence-corrected chi connectivity index (χ1v) is 20.0. The van der Waals surface area contributed by atoms with E-state index in [0.717, 1.165) is 0 Å². The molecule has 3 heteroatoms. The lowest BCUT2D eigenvalue weighted by molar-refractivity contribution is 0.732. The van der Waals surface area contributed by atoms with Crippen LogP contribution in [0.3, 0.4) is 0 Å². The Morgan fingerprint density at radius 2 is 1.04 bits per heavy atom. The number of anilines is 5. The molecular formula is C54H37BN2. The summed E-state index contributed by atoms with van der Waals surface area (Å²) in [6, 6.07) is 77.0. The molecule has 3 aliphatic rings. The molecule has 0 fully saturated rings. The topological polar surface area (TPSA) is 6.48 Å². The normalized spacial score (nSPS) is 14.1. The van der Waals surface area contributed by atoms with Gasteiger partial charge < -0.3 is 9.71 Å². The standard InChI is InChI=1S/C54H37BN2/c1-36-32-45-44-34-39-18-11-12-19-40(39)35-50(44)57(43-30-28-38(29-31-43)37-16-5-2-6-17-37)55-48-26-15-25-47-53(48)56(51(33-36)52(45)55)49-27-14-13-24-46(49)54(47,41-20-7-3-8-21-41)42-22-9-4-10-23-42/h2-35H,1H3. The Labute approximate surface area is 334 Å². The molecule has 9 aromatic rings. The maximum atomic E-state index is 2.64. The number of hydrogen-bond acceptors (Lipinski definition) is 2. The fourth-order valence-electron chi connectivity index (χ4n) is 10.4. The highest BCUT2D eigenvalue weighted by Gasteiger charge is 2.52. The second kappa shape index (κ2) is 12.2. The lowest BCUT2D eigenvalue weighted by Gasteiger charge is -2.52. The summed E-state index contributed by atoms with van der Waals surface area (Å²) in [6.07, 6.45) is 0. The van der Waals surface area contributed by atoms with Crippen LogP contribution in [-0.4, -0.2) is 6.85 Å². The highest BCUT2D eigenvalue weighted by Crippen LogP contribution is 2.59. The van der Waals surface area contributed by atoms with Crippen LogP contribution in [0.1, 0.15) is 27.8 Å². The zero-order chi connectivity index (χ0) is 37.7. The average molecular weight is 725 g/mol. The number of fused-ring (bicyclic) bond motifs is 7. The van der Waals surface area contributed by atoms with Crippen molar-refractivity contribution < 1.29 is 0 Å². The number of hydrogen-bond donors (Lipinski definition) is 0. The molecule has 12 rings (SSSR count). The van der Waals surface area contributed by atoms with Crippen LogP contribution in [0, 0.1) is 6.92 Å². The molecule has 0 unspecified atom stereocenters. The molecule has 0 aliphatic carbocycles. The van der Waals surface area contributed by atoms with Crippen molar-refractivity contribution in [2.75, 3.05) is 9.71 Å². The second-order valence-corrected chi connectivity index (χ2v) is 15.7. The number of benzene rings is 9. The van der Waals surface area contributed by atoms with Gasteiger partial charge in [0.1, 0.15) is 0 Å². The van der Waals surface area contributed by atoms with Gasteiger partial charge in [0.2, 0.25) is 0 Å². The molecule has 266 valence electrons. The zero-order valence-electron chi connectivity index (χ0n) is 31.6. The van der Waals surface area contributed by atoms with E-state index >= 15 is 0 Å². The average Bonchev–Trinajstić information content (AvgIpc) is 3.28. The van der Waals surface area contributed by atoms with E-state index in [9.17, 15) is 0 Å². The molecule has 0 bridgehead atoms. The SMILES string of the molecule is Cc1cc2c3c(c1)N1c4ccccc4C(c4ccccc4)(c4ccccc4)c4cccc(c41)B3N(c1ccc(-c3ccccc3)cc1)c1cc3ccccc3cc1-2. The van der Waals surface area contributed by atoms with Gasteiger partial charge in [0.05, 0.1) is 11.1 Å². The fourth-order valence-corrected chi connectivity index (χ4v) is 10.4. The van der Waals surface area contributed by atoms with Gasteiger partial charge in [0, 0.05) is 28.3 Å². The van der Waals surface area contributed by atoms with Crippen LogP contribution in [0.25, 0.3) is 33.0 Å². The molecule has 0 spiro atoms. The highest BCUT2D eigenvalue weighted by atomic mass is 15.2. The molecule has 0 saturated carbocycles. The van der Waals surface area contributed by atoms with Gasteiger partial charge in [0.15, 0.2) is 0 Å². The summed E-state index contributed by atoms with van der Waals surface area (Å²) in [5.41, 5.74) is 19.6. The lowest BCUT2D eigenvalue weighted by Crippen LogP contribution is -2.62. The lowest BCUT2D eigenvalue weighted by atomic mass is 9.42. The Bertz CT molecular complexity index is 2990. The van der Waals surface area contributed by atoms with Crippen LogP contribution in [0.4, 0.5) is 28.4 Å². The predicted molar refractivity (Wildman–Crippen MR) is 240 cm³/mol. The summed E-state index contributed by atoms with van der Waals surface area (Å²) in [4.78, 5) is 5.24. The van der Waals surface area contributed by atoms with E-state index in [-0.39, 0.29) is 6.85 Å². The summed E-state index contributed by atoms with van der Waals surface area (Å²) >= 11 is 0. The van der Waals surface area contributed by atoms with Crippen LogP contribution in [0.5, 0.6) is 0 Å². The minimum atomic E-state index is -0.546. The van der Waals surface area contributed by atoms with Gasteiger partial charge in [-0.25, -0.2) is 0 Å². The molecule has 0 saturated heterocycles. The van der Waals surface area contributed by atoms with Crippen molar-refractivity contribution in [3.05, 3.63) is 234 Å². The third kappa shape index (κ3) is 4.48. The molecule has 0 radical (unpaired) electrons. The highest BCUT2D eigenvalue weighted by molar-refractivity contribution is 6.93. The maximum absolute atomic E-state index is 2.64. The van der Waals surface area contributed by atoms with Crippen LogP contribution in [0.2, 0.25) is 0 Å². The third-order valence-electron chi connectivity index (χ3n) is 12.7. The molecule has 3 heterocycles. The van der Waals surface area contributed by atoms with Crippen molar-refractivity contribution >= 4 is 57.0 Å². The second-order valence-electron chi connectivity index (χ2n) is 15.7. The van der Waals surface area contributed by atoms with E-state index in [4.69, 9.17) is 0 Å². The third-order valence-corrected chi connectivity index (χ3v) is 12.7. The smallest absolute Gasteiger partial charge is 0.333 e. The number of rotatable bonds is 4. The first kappa shape index (κ1) is 32.2. The molecule has 0 N–H and O–H groups in total. The van der Waals surface area contributed by atoms with Gasteiger partial charge in [-0.2, -0.15) is 0 Å². The van der Waals surface area contributed by atoms with Crippen molar-refractivity contribution in [3.8, 4) is 22.3 Å². The summed E-state index contributed by atoms with van der Waals surface area (Å²) in [7, 11) is 0. The molecule has 0 aromatic heterocycles. The van der Waals surface area contributed by atoms with E-state index in [1.807, 2.05) is 0 Å². The number of para-hydroxylation sites is 2. The van der Waals surface area contributed by atoms with Crippen molar-refractivity contribution in [2.24, 2.45) is 0 Å². The van der Waals surface area contributed by atoms with Crippen molar-refractivity contribution in [2.45, 2.75) is 12.3 Å².